The minimum absolute atomic E-state index is 0.0143. The average Bonchev–Trinajstić information content (AvgIpc) is 3.21. The number of carbonyl (C=O) groups is 4. The van der Waals surface area contributed by atoms with Gasteiger partial charge in [-0.15, -0.1) is 0 Å². The third-order valence-corrected chi connectivity index (χ3v) is 4.56. The fourth-order valence-corrected chi connectivity index (χ4v) is 2.68. The van der Waals surface area contributed by atoms with Gasteiger partial charge in [0.15, 0.2) is 0 Å². The van der Waals surface area contributed by atoms with Crippen LogP contribution in [-0.4, -0.2) is 80.4 Å². The third kappa shape index (κ3) is 7.65. The topological polar surface area (TPSA) is 200 Å². The molecule has 1 heterocycles. The maximum Gasteiger partial charge on any atom is 0.326 e. The molecule has 0 spiro atoms. The highest BCUT2D eigenvalue weighted by molar-refractivity contribution is 7.80. The smallest absolute Gasteiger partial charge is 0.326 e. The zero-order valence-corrected chi connectivity index (χ0v) is 17.6. The SMILES string of the molecule is CC(C)C(NC(=O)C(CS)NC(=O)C(Cc1cnc[nH]1)NC(=O)C(N)CO)C(=O)O. The Hall–Kier alpha value is -2.64. The van der Waals surface area contributed by atoms with Crippen LogP contribution < -0.4 is 21.7 Å². The van der Waals surface area contributed by atoms with E-state index in [0.717, 1.165) is 0 Å². The molecule has 1 rings (SSSR count). The van der Waals surface area contributed by atoms with Crippen molar-refractivity contribution >= 4 is 36.3 Å². The molecular weight excluding hydrogens is 416 g/mol. The molecule has 1 aromatic rings. The van der Waals surface area contributed by atoms with E-state index in [0.29, 0.717) is 5.69 Å². The van der Waals surface area contributed by atoms with Crippen LogP contribution in [0.4, 0.5) is 0 Å². The molecule has 30 heavy (non-hydrogen) atoms. The van der Waals surface area contributed by atoms with Crippen molar-refractivity contribution in [3.63, 3.8) is 0 Å². The number of carboxylic acids is 1. The van der Waals surface area contributed by atoms with Crippen LogP contribution in [0.25, 0.3) is 0 Å². The maximum atomic E-state index is 12.7. The molecule has 0 radical (unpaired) electrons. The number of aliphatic hydroxyl groups excluding tert-OH is 1. The number of aromatic nitrogens is 2. The molecule has 4 unspecified atom stereocenters. The van der Waals surface area contributed by atoms with Gasteiger partial charge in [-0.1, -0.05) is 13.8 Å². The van der Waals surface area contributed by atoms with Crippen molar-refractivity contribution in [2.45, 2.75) is 44.4 Å². The molecule has 0 aromatic carbocycles. The van der Waals surface area contributed by atoms with Crippen LogP contribution in [0.3, 0.4) is 0 Å². The Morgan fingerprint density at radius 2 is 1.73 bits per heavy atom. The summed E-state index contributed by atoms with van der Waals surface area (Å²) in [4.78, 5) is 55.2. The fourth-order valence-electron chi connectivity index (χ4n) is 2.42. The quantitative estimate of drug-likeness (QED) is 0.160. The van der Waals surface area contributed by atoms with Gasteiger partial charge in [0.2, 0.25) is 17.7 Å². The molecule has 3 amide bonds. The van der Waals surface area contributed by atoms with Crippen LogP contribution in [0, 0.1) is 5.92 Å². The van der Waals surface area contributed by atoms with Gasteiger partial charge in [-0.05, 0) is 5.92 Å². The van der Waals surface area contributed by atoms with Gasteiger partial charge in [0.25, 0.3) is 0 Å². The summed E-state index contributed by atoms with van der Waals surface area (Å²) in [6.07, 6.45) is 2.87. The fraction of sp³-hybridized carbons (Fsp3) is 0.588. The monoisotopic (exact) mass is 444 g/mol. The number of amides is 3. The van der Waals surface area contributed by atoms with Crippen LogP contribution in [-0.2, 0) is 25.6 Å². The van der Waals surface area contributed by atoms with Gasteiger partial charge in [0.1, 0.15) is 24.2 Å². The Morgan fingerprint density at radius 3 is 2.20 bits per heavy atom. The van der Waals surface area contributed by atoms with Gasteiger partial charge >= 0.3 is 5.97 Å². The van der Waals surface area contributed by atoms with E-state index in [-0.39, 0.29) is 18.1 Å². The number of nitrogens with one attached hydrogen (secondary N) is 4. The number of H-pyrrole nitrogens is 1. The number of hydrogen-bond donors (Lipinski definition) is 8. The van der Waals surface area contributed by atoms with E-state index in [9.17, 15) is 24.3 Å². The van der Waals surface area contributed by atoms with E-state index in [1.165, 1.54) is 12.5 Å². The van der Waals surface area contributed by atoms with Crippen LogP contribution in [0.15, 0.2) is 12.5 Å². The predicted octanol–water partition coefficient (Wildman–Crippen LogP) is -2.60. The molecule has 8 N–H and O–H groups in total. The number of aromatic amines is 1. The normalized spacial score (nSPS) is 15.0. The highest BCUT2D eigenvalue weighted by atomic mass is 32.1. The number of imidazole rings is 1. The van der Waals surface area contributed by atoms with Crippen molar-refractivity contribution in [1.29, 1.82) is 0 Å². The number of aliphatic hydroxyl groups is 1. The number of carboxylic acid groups (broad SMARTS) is 1. The highest BCUT2D eigenvalue weighted by Gasteiger charge is 2.31. The summed E-state index contributed by atoms with van der Waals surface area (Å²) in [7, 11) is 0. The van der Waals surface area contributed by atoms with Crippen LogP contribution >= 0.6 is 12.6 Å². The molecule has 0 aliphatic heterocycles. The van der Waals surface area contributed by atoms with Crippen molar-refractivity contribution in [3.05, 3.63) is 18.2 Å². The minimum Gasteiger partial charge on any atom is -0.480 e. The first-order chi connectivity index (χ1) is 14.1. The standard InChI is InChI=1S/C17H28N6O6S/c1-8(2)13(17(28)29)23-16(27)12(6-30)22-15(26)11(3-9-4-19-7-20-9)21-14(25)10(18)5-24/h4,7-8,10-13,24,30H,3,5-6,18H2,1-2H3,(H,19,20)(H,21,25)(H,22,26)(H,23,27)(H,28,29). The number of rotatable bonds is 12. The second kappa shape index (κ2) is 12.1. The largest absolute Gasteiger partial charge is 0.480 e. The van der Waals surface area contributed by atoms with E-state index in [1.807, 2.05) is 0 Å². The van der Waals surface area contributed by atoms with Crippen LogP contribution in [0.1, 0.15) is 19.5 Å². The Bertz CT molecular complexity index is 728. The summed E-state index contributed by atoms with van der Waals surface area (Å²) in [5.41, 5.74) is 6.01. The van der Waals surface area contributed by atoms with E-state index < -0.39 is 54.5 Å². The molecule has 13 heteroatoms. The van der Waals surface area contributed by atoms with Crippen molar-refractivity contribution in [2.75, 3.05) is 12.4 Å². The molecule has 0 saturated heterocycles. The molecule has 0 fully saturated rings. The molecular formula is C17H28N6O6S. The lowest BCUT2D eigenvalue weighted by atomic mass is 10.0. The molecule has 168 valence electrons. The summed E-state index contributed by atoms with van der Waals surface area (Å²) in [5, 5.41) is 25.5. The molecule has 0 aliphatic carbocycles. The zero-order chi connectivity index (χ0) is 22.8. The average molecular weight is 445 g/mol. The van der Waals surface area contributed by atoms with Gasteiger partial charge in [-0.3, -0.25) is 14.4 Å². The van der Waals surface area contributed by atoms with Gasteiger partial charge in [0.05, 0.1) is 12.9 Å². The van der Waals surface area contributed by atoms with Gasteiger partial charge < -0.3 is 36.9 Å². The number of thiol groups is 1. The maximum absolute atomic E-state index is 12.7. The molecule has 0 saturated carbocycles. The van der Waals surface area contributed by atoms with Crippen molar-refractivity contribution in [2.24, 2.45) is 11.7 Å². The Balaban J connectivity index is 2.91. The summed E-state index contributed by atoms with van der Waals surface area (Å²) >= 11 is 4.05. The van der Waals surface area contributed by atoms with Crippen molar-refractivity contribution < 1.29 is 29.4 Å². The van der Waals surface area contributed by atoms with E-state index >= 15 is 0 Å². The van der Waals surface area contributed by atoms with Crippen molar-refractivity contribution in [1.82, 2.24) is 25.9 Å². The van der Waals surface area contributed by atoms with Gasteiger partial charge in [0, 0.05) is 24.1 Å². The van der Waals surface area contributed by atoms with E-state index in [1.54, 1.807) is 13.8 Å². The number of hydrogen-bond acceptors (Lipinski definition) is 8. The second-order valence-corrected chi connectivity index (χ2v) is 7.31. The first kappa shape index (κ1) is 25.4. The highest BCUT2D eigenvalue weighted by Crippen LogP contribution is 2.04. The molecule has 0 bridgehead atoms. The lowest BCUT2D eigenvalue weighted by molar-refractivity contribution is -0.143. The number of carbonyl (C=O) groups excluding carboxylic acids is 3. The Morgan fingerprint density at radius 1 is 1.13 bits per heavy atom. The molecule has 1 aromatic heterocycles. The van der Waals surface area contributed by atoms with E-state index in [4.69, 9.17) is 10.8 Å². The number of nitrogens with two attached hydrogens (primary N) is 1. The number of aliphatic carboxylic acids is 1. The first-order valence-corrected chi connectivity index (χ1v) is 9.82. The van der Waals surface area contributed by atoms with Crippen LogP contribution in [0.2, 0.25) is 0 Å². The minimum atomic E-state index is -1.23. The lowest BCUT2D eigenvalue weighted by Gasteiger charge is -2.25. The Kier molecular flexibility index (Phi) is 10.3. The molecule has 0 aliphatic rings. The van der Waals surface area contributed by atoms with Crippen LogP contribution in [0.5, 0.6) is 0 Å². The first-order valence-electron chi connectivity index (χ1n) is 9.19. The zero-order valence-electron chi connectivity index (χ0n) is 16.7. The summed E-state index contributed by atoms with van der Waals surface area (Å²) in [5.74, 6) is -3.88. The summed E-state index contributed by atoms with van der Waals surface area (Å²) in [6, 6.07) is -4.64. The van der Waals surface area contributed by atoms with Gasteiger partial charge in [-0.2, -0.15) is 12.6 Å². The third-order valence-electron chi connectivity index (χ3n) is 4.19. The Labute approximate surface area is 178 Å². The second-order valence-electron chi connectivity index (χ2n) is 6.94. The van der Waals surface area contributed by atoms with E-state index in [2.05, 4.69) is 38.5 Å². The predicted molar refractivity (Wildman–Crippen MR) is 109 cm³/mol. The summed E-state index contributed by atoms with van der Waals surface area (Å²) < 4.78 is 0. The van der Waals surface area contributed by atoms with Crippen molar-refractivity contribution in [3.8, 4) is 0 Å². The van der Waals surface area contributed by atoms with Gasteiger partial charge in [-0.25, -0.2) is 9.78 Å². The molecule has 4 atom stereocenters. The summed E-state index contributed by atoms with van der Waals surface area (Å²) in [6.45, 7) is 2.65. The molecule has 12 nitrogen and oxygen atoms in total. The lowest BCUT2D eigenvalue weighted by Crippen LogP contribution is -2.58. The number of nitrogens with zero attached hydrogens (tertiary/aromatic N) is 1.